The van der Waals surface area contributed by atoms with Gasteiger partial charge < -0.3 is 14.9 Å². The van der Waals surface area contributed by atoms with Gasteiger partial charge in [-0.15, -0.1) is 0 Å². The van der Waals surface area contributed by atoms with Crippen molar-refractivity contribution in [1.82, 2.24) is 5.32 Å². The lowest BCUT2D eigenvalue weighted by Crippen LogP contribution is -2.57. The monoisotopic (exact) mass is 279 g/mol. The predicted octanol–water partition coefficient (Wildman–Crippen LogP) is 1.02. The topological polar surface area (TPSA) is 78.8 Å². The van der Waals surface area contributed by atoms with Crippen LogP contribution in [0.25, 0.3) is 0 Å². The summed E-state index contributed by atoms with van der Waals surface area (Å²) in [5.74, 6) is -0.831. The number of aliphatic carboxylic acids is 1. The number of carbonyl (C=O) groups is 1. The Morgan fingerprint density at radius 2 is 2.10 bits per heavy atom. The van der Waals surface area contributed by atoms with E-state index in [4.69, 9.17) is 9.84 Å². The van der Waals surface area contributed by atoms with Crippen LogP contribution < -0.4 is 5.32 Å². The molecule has 0 amide bonds. The molecule has 0 spiro atoms. The van der Waals surface area contributed by atoms with Crippen LogP contribution in [-0.2, 0) is 16.1 Å². The SMILES string of the molecule is C[C@@H]1C(OCc2ccccc2)C[C@@H](C(=O)O)N[C@H]1CO. The lowest BCUT2D eigenvalue weighted by atomic mass is 9.86. The lowest BCUT2D eigenvalue weighted by Gasteiger charge is -2.39. The van der Waals surface area contributed by atoms with Gasteiger partial charge in [-0.2, -0.15) is 0 Å². The van der Waals surface area contributed by atoms with Crippen LogP contribution in [0.4, 0.5) is 0 Å². The highest BCUT2D eigenvalue weighted by Crippen LogP contribution is 2.24. The number of carboxylic acid groups (broad SMARTS) is 1. The zero-order valence-electron chi connectivity index (χ0n) is 11.5. The van der Waals surface area contributed by atoms with Gasteiger partial charge in [-0.1, -0.05) is 37.3 Å². The molecule has 0 aliphatic carbocycles. The Morgan fingerprint density at radius 3 is 2.70 bits per heavy atom. The average molecular weight is 279 g/mol. The third kappa shape index (κ3) is 3.56. The molecule has 0 radical (unpaired) electrons. The third-order valence-corrected chi connectivity index (χ3v) is 3.91. The number of aliphatic hydroxyl groups is 1. The van der Waals surface area contributed by atoms with Crippen molar-refractivity contribution in [1.29, 1.82) is 0 Å². The van der Waals surface area contributed by atoms with Crippen molar-refractivity contribution in [2.45, 2.75) is 38.1 Å². The van der Waals surface area contributed by atoms with Gasteiger partial charge in [-0.25, -0.2) is 0 Å². The first-order valence-corrected chi connectivity index (χ1v) is 6.87. The van der Waals surface area contributed by atoms with Gasteiger partial charge in [0.1, 0.15) is 6.04 Å². The Kier molecular flexibility index (Phi) is 5.11. The van der Waals surface area contributed by atoms with Gasteiger partial charge in [-0.3, -0.25) is 10.1 Å². The Bertz CT molecular complexity index is 437. The lowest BCUT2D eigenvalue weighted by molar-refractivity contribution is -0.144. The second-order valence-corrected chi connectivity index (χ2v) is 5.28. The molecular formula is C15H21NO4. The first kappa shape index (κ1) is 15.0. The molecule has 1 saturated heterocycles. The minimum Gasteiger partial charge on any atom is -0.480 e. The van der Waals surface area contributed by atoms with Gasteiger partial charge >= 0.3 is 5.97 Å². The van der Waals surface area contributed by atoms with Gasteiger partial charge in [0.25, 0.3) is 0 Å². The molecule has 1 aromatic carbocycles. The highest BCUT2D eigenvalue weighted by molar-refractivity contribution is 5.73. The van der Waals surface area contributed by atoms with Crippen molar-refractivity contribution < 1.29 is 19.7 Å². The number of carboxylic acids is 1. The summed E-state index contributed by atoms with van der Waals surface area (Å²) in [6, 6.07) is 8.88. The highest BCUT2D eigenvalue weighted by atomic mass is 16.5. The highest BCUT2D eigenvalue weighted by Gasteiger charge is 2.37. The molecule has 1 aliphatic heterocycles. The van der Waals surface area contributed by atoms with E-state index in [0.717, 1.165) is 5.56 Å². The molecule has 0 saturated carbocycles. The van der Waals surface area contributed by atoms with E-state index in [-0.39, 0.29) is 24.7 Å². The van der Waals surface area contributed by atoms with Gasteiger partial charge in [0.05, 0.1) is 19.3 Å². The smallest absolute Gasteiger partial charge is 0.320 e. The average Bonchev–Trinajstić information content (AvgIpc) is 2.47. The number of hydrogen-bond acceptors (Lipinski definition) is 4. The maximum atomic E-state index is 11.1. The zero-order valence-corrected chi connectivity index (χ0v) is 11.5. The number of hydrogen-bond donors (Lipinski definition) is 3. The first-order valence-electron chi connectivity index (χ1n) is 6.87. The summed E-state index contributed by atoms with van der Waals surface area (Å²) in [7, 11) is 0. The Balaban J connectivity index is 1.99. The van der Waals surface area contributed by atoms with Crippen molar-refractivity contribution in [3.05, 3.63) is 35.9 Å². The van der Waals surface area contributed by atoms with Crippen molar-refractivity contribution in [3.63, 3.8) is 0 Å². The summed E-state index contributed by atoms with van der Waals surface area (Å²) >= 11 is 0. The number of piperidine rings is 1. The quantitative estimate of drug-likeness (QED) is 0.750. The molecule has 20 heavy (non-hydrogen) atoms. The summed E-state index contributed by atoms with van der Waals surface area (Å²) in [5, 5.41) is 21.4. The molecule has 4 atom stereocenters. The summed E-state index contributed by atoms with van der Waals surface area (Å²) in [4.78, 5) is 11.1. The fraction of sp³-hybridized carbons (Fsp3) is 0.533. The van der Waals surface area contributed by atoms with Crippen LogP contribution in [0.5, 0.6) is 0 Å². The summed E-state index contributed by atoms with van der Waals surface area (Å²) < 4.78 is 5.88. The molecule has 1 heterocycles. The van der Waals surface area contributed by atoms with E-state index < -0.39 is 12.0 Å². The fourth-order valence-electron chi connectivity index (χ4n) is 2.57. The van der Waals surface area contributed by atoms with Crippen molar-refractivity contribution in [3.8, 4) is 0 Å². The van der Waals surface area contributed by atoms with Crippen molar-refractivity contribution in [2.75, 3.05) is 6.61 Å². The molecule has 5 heteroatoms. The number of rotatable bonds is 5. The molecule has 1 unspecified atom stereocenters. The van der Waals surface area contributed by atoms with Crippen LogP contribution in [0.1, 0.15) is 18.9 Å². The minimum absolute atomic E-state index is 0.0688. The standard InChI is InChI=1S/C15H21NO4/c1-10-13(8-17)16-12(15(18)19)7-14(10)20-9-11-5-3-2-4-6-11/h2-6,10,12-14,16-17H,7-9H2,1H3,(H,18,19)/t10-,12-,13-,14?/m0/s1. The largest absolute Gasteiger partial charge is 0.480 e. The summed E-state index contributed by atoms with van der Waals surface area (Å²) in [6.45, 7) is 2.35. The molecule has 5 nitrogen and oxygen atoms in total. The van der Waals surface area contributed by atoms with E-state index in [1.165, 1.54) is 0 Å². The maximum Gasteiger partial charge on any atom is 0.320 e. The summed E-state index contributed by atoms with van der Waals surface area (Å²) in [6.07, 6.45) is 0.245. The molecule has 3 N–H and O–H groups in total. The van der Waals surface area contributed by atoms with Crippen LogP contribution in [0, 0.1) is 5.92 Å². The second-order valence-electron chi connectivity index (χ2n) is 5.28. The molecule has 1 aliphatic rings. The molecule has 0 bridgehead atoms. The van der Waals surface area contributed by atoms with Crippen LogP contribution in [0.15, 0.2) is 30.3 Å². The van der Waals surface area contributed by atoms with E-state index in [1.54, 1.807) is 0 Å². The number of aliphatic hydroxyl groups excluding tert-OH is 1. The van der Waals surface area contributed by atoms with Gasteiger partial charge in [0.15, 0.2) is 0 Å². The van der Waals surface area contributed by atoms with Crippen LogP contribution in [-0.4, -0.2) is 41.0 Å². The number of ether oxygens (including phenoxy) is 1. The second kappa shape index (κ2) is 6.83. The Morgan fingerprint density at radius 1 is 1.40 bits per heavy atom. The molecule has 110 valence electrons. The van der Waals surface area contributed by atoms with Gasteiger partial charge in [-0.05, 0) is 17.9 Å². The van der Waals surface area contributed by atoms with Crippen LogP contribution in [0.2, 0.25) is 0 Å². The van der Waals surface area contributed by atoms with Crippen LogP contribution in [0.3, 0.4) is 0 Å². The normalized spacial score (nSPS) is 30.1. The number of nitrogens with one attached hydrogen (secondary N) is 1. The van der Waals surface area contributed by atoms with E-state index in [0.29, 0.717) is 13.0 Å². The van der Waals surface area contributed by atoms with E-state index in [9.17, 15) is 9.90 Å². The zero-order chi connectivity index (χ0) is 14.5. The Hall–Kier alpha value is -1.43. The van der Waals surface area contributed by atoms with Crippen molar-refractivity contribution >= 4 is 5.97 Å². The predicted molar refractivity (Wildman–Crippen MR) is 74.2 cm³/mol. The third-order valence-electron chi connectivity index (χ3n) is 3.91. The first-order chi connectivity index (χ1) is 9.61. The molecule has 1 fully saturated rings. The Labute approximate surface area is 118 Å². The van der Waals surface area contributed by atoms with E-state index in [1.807, 2.05) is 37.3 Å². The van der Waals surface area contributed by atoms with E-state index in [2.05, 4.69) is 5.32 Å². The van der Waals surface area contributed by atoms with Gasteiger partial charge in [0.2, 0.25) is 0 Å². The number of benzene rings is 1. The molecular weight excluding hydrogens is 258 g/mol. The van der Waals surface area contributed by atoms with Gasteiger partial charge in [0, 0.05) is 6.04 Å². The fourth-order valence-corrected chi connectivity index (χ4v) is 2.57. The van der Waals surface area contributed by atoms with Crippen molar-refractivity contribution in [2.24, 2.45) is 5.92 Å². The molecule has 0 aromatic heterocycles. The molecule has 2 rings (SSSR count). The minimum atomic E-state index is -0.899. The summed E-state index contributed by atoms with van der Waals surface area (Å²) in [5.41, 5.74) is 1.06. The van der Waals surface area contributed by atoms with E-state index >= 15 is 0 Å². The van der Waals surface area contributed by atoms with Crippen LogP contribution >= 0.6 is 0 Å². The molecule has 1 aromatic rings. The maximum absolute atomic E-state index is 11.1.